The van der Waals surface area contributed by atoms with Crippen molar-refractivity contribution in [2.24, 2.45) is 0 Å². The van der Waals surface area contributed by atoms with E-state index in [0.717, 1.165) is 12.1 Å². The SMILES string of the molecule is CC(=O)c1c(Cl)cc(F)cc1C=O. The Morgan fingerprint density at radius 2 is 2.15 bits per heavy atom. The minimum atomic E-state index is -0.628. The largest absolute Gasteiger partial charge is 0.298 e. The average molecular weight is 201 g/mol. The van der Waals surface area contributed by atoms with Gasteiger partial charge >= 0.3 is 0 Å². The fourth-order valence-corrected chi connectivity index (χ4v) is 1.40. The lowest BCUT2D eigenvalue weighted by Gasteiger charge is -2.02. The van der Waals surface area contributed by atoms with Gasteiger partial charge in [0.05, 0.1) is 5.02 Å². The lowest BCUT2D eigenvalue weighted by atomic mass is 10.1. The predicted molar refractivity (Wildman–Crippen MR) is 46.8 cm³/mol. The van der Waals surface area contributed by atoms with Gasteiger partial charge in [-0.3, -0.25) is 9.59 Å². The molecule has 0 fully saturated rings. The molecule has 0 bridgehead atoms. The summed E-state index contributed by atoms with van der Waals surface area (Å²) in [6.07, 6.45) is 0.408. The summed E-state index contributed by atoms with van der Waals surface area (Å²) in [7, 11) is 0. The van der Waals surface area contributed by atoms with Crippen molar-refractivity contribution in [2.45, 2.75) is 6.92 Å². The molecule has 0 aliphatic heterocycles. The number of ketones is 1. The molecule has 1 rings (SSSR count). The zero-order chi connectivity index (χ0) is 10.0. The number of aldehydes is 1. The van der Waals surface area contributed by atoms with Gasteiger partial charge in [-0.2, -0.15) is 0 Å². The molecule has 0 aromatic heterocycles. The molecule has 68 valence electrons. The zero-order valence-electron chi connectivity index (χ0n) is 6.80. The molecule has 0 radical (unpaired) electrons. The van der Waals surface area contributed by atoms with Crippen LogP contribution in [0, 0.1) is 5.82 Å². The van der Waals surface area contributed by atoms with Gasteiger partial charge in [0.25, 0.3) is 0 Å². The molecule has 2 nitrogen and oxygen atoms in total. The van der Waals surface area contributed by atoms with Gasteiger partial charge in [-0.25, -0.2) is 4.39 Å². The van der Waals surface area contributed by atoms with Crippen molar-refractivity contribution in [3.63, 3.8) is 0 Å². The number of hydrogen-bond donors (Lipinski definition) is 0. The van der Waals surface area contributed by atoms with E-state index in [1.165, 1.54) is 6.92 Å². The molecule has 0 heterocycles. The molecule has 1 aromatic carbocycles. The first kappa shape index (κ1) is 9.86. The topological polar surface area (TPSA) is 34.1 Å². The number of carbonyl (C=O) groups excluding carboxylic acids is 2. The van der Waals surface area contributed by atoms with E-state index < -0.39 is 5.82 Å². The second kappa shape index (κ2) is 3.66. The molecule has 13 heavy (non-hydrogen) atoms. The highest BCUT2D eigenvalue weighted by atomic mass is 35.5. The van der Waals surface area contributed by atoms with Crippen LogP contribution in [0.25, 0.3) is 0 Å². The molecule has 0 aliphatic rings. The lowest BCUT2D eigenvalue weighted by molar-refractivity contribution is 0.101. The van der Waals surface area contributed by atoms with E-state index in [2.05, 4.69) is 0 Å². The molecule has 0 saturated heterocycles. The quantitative estimate of drug-likeness (QED) is 0.543. The first-order valence-electron chi connectivity index (χ1n) is 3.51. The minimum Gasteiger partial charge on any atom is -0.298 e. The molecule has 1 aromatic rings. The molecule has 0 saturated carbocycles. The van der Waals surface area contributed by atoms with E-state index in [9.17, 15) is 14.0 Å². The second-order valence-corrected chi connectivity index (χ2v) is 2.93. The van der Waals surface area contributed by atoms with E-state index in [1.807, 2.05) is 0 Å². The first-order valence-corrected chi connectivity index (χ1v) is 3.89. The van der Waals surface area contributed by atoms with Gasteiger partial charge in [0.2, 0.25) is 0 Å². The van der Waals surface area contributed by atoms with Gasteiger partial charge in [0.1, 0.15) is 5.82 Å². The van der Waals surface area contributed by atoms with Crippen LogP contribution in [0.5, 0.6) is 0 Å². The van der Waals surface area contributed by atoms with Crippen LogP contribution in [-0.4, -0.2) is 12.1 Å². The van der Waals surface area contributed by atoms with Gasteiger partial charge in [-0.15, -0.1) is 0 Å². The van der Waals surface area contributed by atoms with Crippen molar-refractivity contribution < 1.29 is 14.0 Å². The fraction of sp³-hybridized carbons (Fsp3) is 0.111. The number of Topliss-reactive ketones (excluding diaryl/α,β-unsaturated/α-hetero) is 1. The molecule has 0 amide bonds. The minimum absolute atomic E-state index is 0.0162. The Morgan fingerprint density at radius 3 is 2.62 bits per heavy atom. The lowest BCUT2D eigenvalue weighted by Crippen LogP contribution is -2.00. The molecule has 0 atom stereocenters. The van der Waals surface area contributed by atoms with Crippen molar-refractivity contribution in [1.29, 1.82) is 0 Å². The van der Waals surface area contributed by atoms with Crippen LogP contribution in [0.3, 0.4) is 0 Å². The van der Waals surface area contributed by atoms with Gasteiger partial charge in [-0.1, -0.05) is 11.6 Å². The summed E-state index contributed by atoms with van der Waals surface area (Å²) < 4.78 is 12.7. The monoisotopic (exact) mass is 200 g/mol. The Labute approximate surface area is 79.3 Å². The number of benzene rings is 1. The maximum atomic E-state index is 12.7. The fourth-order valence-electron chi connectivity index (χ4n) is 1.06. The number of carbonyl (C=O) groups is 2. The van der Waals surface area contributed by atoms with Gasteiger partial charge in [0, 0.05) is 11.1 Å². The highest BCUT2D eigenvalue weighted by Gasteiger charge is 2.12. The summed E-state index contributed by atoms with van der Waals surface area (Å²) in [5.74, 6) is -0.982. The number of halogens is 2. The van der Waals surface area contributed by atoms with E-state index >= 15 is 0 Å². The Morgan fingerprint density at radius 1 is 1.54 bits per heavy atom. The molecular formula is C9H6ClFO2. The summed E-state index contributed by atoms with van der Waals surface area (Å²) in [5.41, 5.74) is 0.0515. The third-order valence-electron chi connectivity index (χ3n) is 1.56. The van der Waals surface area contributed by atoms with E-state index in [-0.39, 0.29) is 21.9 Å². The van der Waals surface area contributed by atoms with E-state index in [1.54, 1.807) is 0 Å². The van der Waals surface area contributed by atoms with Crippen molar-refractivity contribution >= 4 is 23.7 Å². The third kappa shape index (κ3) is 1.92. The molecule has 0 unspecified atom stereocenters. The molecular weight excluding hydrogens is 195 g/mol. The number of rotatable bonds is 2. The van der Waals surface area contributed by atoms with Crippen LogP contribution in [0.2, 0.25) is 5.02 Å². The highest BCUT2D eigenvalue weighted by molar-refractivity contribution is 6.34. The summed E-state index contributed by atoms with van der Waals surface area (Å²) >= 11 is 5.59. The Kier molecular flexibility index (Phi) is 2.78. The molecule has 0 N–H and O–H groups in total. The van der Waals surface area contributed by atoms with Crippen molar-refractivity contribution in [3.8, 4) is 0 Å². The first-order chi connectivity index (χ1) is 6.06. The second-order valence-electron chi connectivity index (χ2n) is 2.53. The van der Waals surface area contributed by atoms with Crippen LogP contribution >= 0.6 is 11.6 Å². The van der Waals surface area contributed by atoms with E-state index in [4.69, 9.17) is 11.6 Å². The van der Waals surface area contributed by atoms with Gasteiger partial charge < -0.3 is 0 Å². The summed E-state index contributed by atoms with van der Waals surface area (Å²) in [6, 6.07) is 1.99. The molecule has 0 aliphatic carbocycles. The Balaban J connectivity index is 3.47. The van der Waals surface area contributed by atoms with Gasteiger partial charge in [0.15, 0.2) is 12.1 Å². The van der Waals surface area contributed by atoms with Crippen LogP contribution in [-0.2, 0) is 0 Å². The zero-order valence-corrected chi connectivity index (χ0v) is 7.56. The normalized spacial score (nSPS) is 9.77. The van der Waals surface area contributed by atoms with Gasteiger partial charge in [-0.05, 0) is 19.1 Å². The molecule has 0 spiro atoms. The Bertz CT molecular complexity index is 374. The van der Waals surface area contributed by atoms with Crippen molar-refractivity contribution in [2.75, 3.05) is 0 Å². The maximum Gasteiger partial charge on any atom is 0.162 e. The standard InChI is InChI=1S/C9H6ClFO2/c1-5(13)9-6(4-12)2-7(11)3-8(9)10/h2-4H,1H3. The average Bonchev–Trinajstić information content (AvgIpc) is 2.01. The predicted octanol–water partition coefficient (Wildman–Crippen LogP) is 2.49. The summed E-state index contributed by atoms with van der Waals surface area (Å²) in [4.78, 5) is 21.5. The smallest absolute Gasteiger partial charge is 0.162 e. The molecule has 4 heteroatoms. The highest BCUT2D eigenvalue weighted by Crippen LogP contribution is 2.21. The summed E-state index contributed by atoms with van der Waals surface area (Å²) in [6.45, 7) is 1.27. The third-order valence-corrected chi connectivity index (χ3v) is 1.86. The van der Waals surface area contributed by atoms with Crippen molar-refractivity contribution in [1.82, 2.24) is 0 Å². The number of hydrogen-bond acceptors (Lipinski definition) is 2. The summed E-state index contributed by atoms with van der Waals surface area (Å²) in [5, 5.41) is -0.0328. The van der Waals surface area contributed by atoms with Crippen molar-refractivity contribution in [3.05, 3.63) is 34.1 Å². The van der Waals surface area contributed by atoms with Crippen LogP contribution in [0.15, 0.2) is 12.1 Å². The van der Waals surface area contributed by atoms with E-state index in [0.29, 0.717) is 6.29 Å². The van der Waals surface area contributed by atoms with Crippen LogP contribution in [0.1, 0.15) is 27.6 Å². The van der Waals surface area contributed by atoms with Crippen LogP contribution < -0.4 is 0 Å². The maximum absolute atomic E-state index is 12.7. The Hall–Kier alpha value is -1.22. The van der Waals surface area contributed by atoms with Crippen LogP contribution in [0.4, 0.5) is 4.39 Å².